The number of pyridine rings is 1. The molecule has 0 amide bonds. The van der Waals surface area contributed by atoms with Gasteiger partial charge in [0.2, 0.25) is 0 Å². The van der Waals surface area contributed by atoms with Crippen molar-refractivity contribution in [3.63, 3.8) is 0 Å². The molecule has 1 atom stereocenters. The average Bonchev–Trinajstić information content (AvgIpc) is 3.09. The zero-order valence-electron chi connectivity index (χ0n) is 21.9. The molecule has 0 spiro atoms. The van der Waals surface area contributed by atoms with Crippen molar-refractivity contribution in [1.29, 1.82) is 0 Å². The highest BCUT2D eigenvalue weighted by atomic mass is 35.5. The van der Waals surface area contributed by atoms with E-state index >= 15 is 0 Å². The van der Waals surface area contributed by atoms with Crippen LogP contribution >= 0.6 is 35.0 Å². The van der Waals surface area contributed by atoms with Crippen molar-refractivity contribution in [3.8, 4) is 0 Å². The summed E-state index contributed by atoms with van der Waals surface area (Å²) in [4.78, 5) is 23.5. The number of carbonyl (C=O) groups excluding carboxylic acids is 1. The molecule has 0 bridgehead atoms. The van der Waals surface area contributed by atoms with E-state index in [1.165, 1.54) is 27.1 Å². The van der Waals surface area contributed by atoms with Crippen LogP contribution in [0, 0.1) is 6.92 Å². The van der Waals surface area contributed by atoms with Gasteiger partial charge in [-0.2, -0.15) is 0 Å². The van der Waals surface area contributed by atoms with Crippen molar-refractivity contribution >= 4 is 57.5 Å². The first-order chi connectivity index (χ1) is 18.9. The van der Waals surface area contributed by atoms with E-state index in [1.54, 1.807) is 19.1 Å². The Bertz CT molecular complexity index is 1570. The Kier molecular flexibility index (Phi) is 7.47. The van der Waals surface area contributed by atoms with Crippen LogP contribution in [0.1, 0.15) is 45.7 Å². The summed E-state index contributed by atoms with van der Waals surface area (Å²) in [5, 5.41) is 1.81. The number of hydrogen-bond donors (Lipinski definition) is 0. The molecule has 8 heteroatoms. The Balaban J connectivity index is 1.36. The lowest BCUT2D eigenvalue weighted by atomic mass is 9.92. The van der Waals surface area contributed by atoms with Crippen molar-refractivity contribution in [2.24, 2.45) is 0 Å². The number of rotatable bonds is 4. The van der Waals surface area contributed by atoms with Gasteiger partial charge in [0.1, 0.15) is 0 Å². The lowest BCUT2D eigenvalue weighted by molar-refractivity contribution is 0.0520. The number of carbonyl (C=O) groups is 1. The molecule has 1 fully saturated rings. The minimum atomic E-state index is -0.449. The monoisotopic (exact) mass is 577 g/mol. The smallest absolute Gasteiger partial charge is 0.357 e. The lowest BCUT2D eigenvalue weighted by Gasteiger charge is -2.41. The molecule has 0 saturated carbocycles. The summed E-state index contributed by atoms with van der Waals surface area (Å²) in [5.41, 5.74) is 7.19. The zero-order valence-corrected chi connectivity index (χ0v) is 24.2. The number of thioether (sulfide) groups is 1. The molecule has 3 aromatic carbocycles. The second-order valence-electron chi connectivity index (χ2n) is 9.98. The maximum Gasteiger partial charge on any atom is 0.357 e. The zero-order chi connectivity index (χ0) is 27.1. The number of aryl methyl sites for hydroxylation is 1. The Hall–Kier alpha value is -2.77. The lowest BCUT2D eigenvalue weighted by Crippen LogP contribution is -2.48. The average molecular weight is 579 g/mol. The van der Waals surface area contributed by atoms with E-state index in [4.69, 9.17) is 27.9 Å². The van der Waals surface area contributed by atoms with Crippen LogP contribution < -0.4 is 4.90 Å². The van der Waals surface area contributed by atoms with Gasteiger partial charge in [-0.3, -0.25) is 4.90 Å². The van der Waals surface area contributed by atoms with Gasteiger partial charge in [0.15, 0.2) is 5.69 Å². The Morgan fingerprint density at radius 2 is 1.82 bits per heavy atom. The molecule has 0 aliphatic carbocycles. The number of fused-ring (bicyclic) bond motifs is 3. The highest BCUT2D eigenvalue weighted by Crippen LogP contribution is 2.43. The highest BCUT2D eigenvalue weighted by molar-refractivity contribution is 7.98. The van der Waals surface area contributed by atoms with Crippen molar-refractivity contribution in [2.45, 2.75) is 30.5 Å². The molecule has 5 nitrogen and oxygen atoms in total. The van der Waals surface area contributed by atoms with E-state index in [9.17, 15) is 4.79 Å². The summed E-state index contributed by atoms with van der Waals surface area (Å²) in [6.07, 6.45) is 0. The first-order valence-corrected chi connectivity index (χ1v) is 14.9. The van der Waals surface area contributed by atoms with Gasteiger partial charge >= 0.3 is 5.97 Å². The molecule has 1 unspecified atom stereocenters. The van der Waals surface area contributed by atoms with Crippen LogP contribution in [0.3, 0.4) is 0 Å². The standard InChI is InChI=1S/C31H29Cl2N3O2S/c1-3-38-31(37)26-17-27(29-24(33)15-21(32)16-25(29)34-26)35-10-12-36(13-11-35)30-22-7-5-4-6-20(22)18-39-28-9-8-19(2)14-23(28)30/h4-9,14-17,30H,3,10-13,18H2,1-2H3. The fourth-order valence-electron chi connectivity index (χ4n) is 5.71. The Morgan fingerprint density at radius 3 is 2.62 bits per heavy atom. The van der Waals surface area contributed by atoms with Gasteiger partial charge in [-0.25, -0.2) is 9.78 Å². The summed E-state index contributed by atoms with van der Waals surface area (Å²) < 4.78 is 5.27. The molecule has 0 N–H and O–H groups in total. The second kappa shape index (κ2) is 11.0. The minimum Gasteiger partial charge on any atom is -0.461 e. The number of nitrogens with zero attached hydrogens (tertiary/aromatic N) is 3. The third-order valence-corrected chi connectivity index (χ3v) is 9.16. The minimum absolute atomic E-state index is 0.194. The van der Waals surface area contributed by atoms with Gasteiger partial charge in [-0.1, -0.05) is 65.2 Å². The fourth-order valence-corrected chi connectivity index (χ4v) is 7.36. The van der Waals surface area contributed by atoms with E-state index in [-0.39, 0.29) is 18.3 Å². The van der Waals surface area contributed by atoms with Crippen LogP contribution in [-0.2, 0) is 10.5 Å². The Labute approximate surface area is 243 Å². The van der Waals surface area contributed by atoms with Gasteiger partial charge in [0, 0.05) is 47.2 Å². The van der Waals surface area contributed by atoms with Crippen LogP contribution in [0.15, 0.2) is 65.6 Å². The van der Waals surface area contributed by atoms with E-state index in [2.05, 4.69) is 64.2 Å². The largest absolute Gasteiger partial charge is 0.461 e. The van der Waals surface area contributed by atoms with Crippen molar-refractivity contribution in [1.82, 2.24) is 9.88 Å². The van der Waals surface area contributed by atoms with Gasteiger partial charge in [0.05, 0.1) is 28.9 Å². The number of piperazine rings is 1. The van der Waals surface area contributed by atoms with Gasteiger partial charge in [-0.05, 0) is 54.8 Å². The maximum atomic E-state index is 12.7. The summed E-state index contributed by atoms with van der Waals surface area (Å²) in [5.74, 6) is 0.526. The van der Waals surface area contributed by atoms with E-state index in [1.807, 2.05) is 17.8 Å². The first kappa shape index (κ1) is 26.5. The highest BCUT2D eigenvalue weighted by Gasteiger charge is 2.32. The Morgan fingerprint density at radius 1 is 1.03 bits per heavy atom. The molecule has 3 heterocycles. The fraction of sp³-hybridized carbons (Fsp3) is 0.290. The van der Waals surface area contributed by atoms with Crippen LogP contribution in [0.2, 0.25) is 10.0 Å². The van der Waals surface area contributed by atoms with E-state index < -0.39 is 5.97 Å². The number of halogens is 2. The molecule has 0 radical (unpaired) electrons. The predicted octanol–water partition coefficient (Wildman–Crippen LogP) is 7.54. The second-order valence-corrected chi connectivity index (χ2v) is 11.8. The molecule has 2 aliphatic heterocycles. The molecule has 1 saturated heterocycles. The van der Waals surface area contributed by atoms with Crippen LogP contribution in [0.4, 0.5) is 5.69 Å². The molecular formula is C31H29Cl2N3O2S. The number of hydrogen-bond acceptors (Lipinski definition) is 6. The topological polar surface area (TPSA) is 45.7 Å². The summed E-state index contributed by atoms with van der Waals surface area (Å²) in [6.45, 7) is 7.53. The normalized spacial score (nSPS) is 17.4. The molecular weight excluding hydrogens is 549 g/mol. The van der Waals surface area contributed by atoms with Gasteiger partial charge in [0.25, 0.3) is 0 Å². The van der Waals surface area contributed by atoms with Crippen LogP contribution in [-0.4, -0.2) is 48.6 Å². The van der Waals surface area contributed by atoms with Crippen molar-refractivity contribution < 1.29 is 9.53 Å². The van der Waals surface area contributed by atoms with Crippen LogP contribution in [0.5, 0.6) is 0 Å². The van der Waals surface area contributed by atoms with Crippen LogP contribution in [0.25, 0.3) is 10.9 Å². The van der Waals surface area contributed by atoms with Gasteiger partial charge < -0.3 is 9.64 Å². The van der Waals surface area contributed by atoms with Gasteiger partial charge in [-0.15, -0.1) is 11.8 Å². The quantitative estimate of drug-likeness (QED) is 0.233. The third kappa shape index (κ3) is 5.11. The molecule has 2 aliphatic rings. The molecule has 6 rings (SSSR count). The molecule has 4 aromatic rings. The maximum absolute atomic E-state index is 12.7. The van der Waals surface area contributed by atoms with E-state index in [0.717, 1.165) is 43.0 Å². The van der Waals surface area contributed by atoms with Crippen molar-refractivity contribution in [3.05, 3.63) is 98.7 Å². The number of anilines is 1. The number of aromatic nitrogens is 1. The number of esters is 1. The molecule has 200 valence electrons. The summed E-state index contributed by atoms with van der Waals surface area (Å²) >= 11 is 14.9. The SMILES string of the molecule is CCOC(=O)c1cc(N2CCN(C3c4ccccc4CSc4ccc(C)cc43)CC2)c2c(Cl)cc(Cl)cc2n1. The summed E-state index contributed by atoms with van der Waals surface area (Å²) in [6, 6.07) is 21.2. The molecule has 39 heavy (non-hydrogen) atoms. The summed E-state index contributed by atoms with van der Waals surface area (Å²) in [7, 11) is 0. The third-order valence-electron chi connectivity index (χ3n) is 7.50. The number of benzene rings is 3. The molecule has 1 aromatic heterocycles. The van der Waals surface area contributed by atoms with E-state index in [0.29, 0.717) is 15.6 Å². The first-order valence-electron chi connectivity index (χ1n) is 13.2. The van der Waals surface area contributed by atoms with Crippen molar-refractivity contribution in [2.75, 3.05) is 37.7 Å². The number of ether oxygens (including phenoxy) is 1. The predicted molar refractivity (Wildman–Crippen MR) is 161 cm³/mol.